The molecule has 7 heteroatoms. The molecule has 1 saturated heterocycles. The lowest BCUT2D eigenvalue weighted by Gasteiger charge is -2.17. The second kappa shape index (κ2) is 9.80. The van der Waals surface area contributed by atoms with Gasteiger partial charge in [0.05, 0.1) is 10.6 Å². The molecule has 3 nitrogen and oxygen atoms in total. The summed E-state index contributed by atoms with van der Waals surface area (Å²) in [4.78, 5) is 15.5. The maximum Gasteiger partial charge on any atom is 0.270 e. The first-order valence-corrected chi connectivity index (χ1v) is 12.4. The van der Waals surface area contributed by atoms with Crippen molar-refractivity contribution in [3.8, 4) is 5.75 Å². The van der Waals surface area contributed by atoms with Gasteiger partial charge in [0.1, 0.15) is 12.4 Å². The van der Waals surface area contributed by atoms with Gasteiger partial charge in [0.25, 0.3) is 5.91 Å². The van der Waals surface area contributed by atoms with Crippen LogP contribution in [0, 0.1) is 0 Å². The van der Waals surface area contributed by atoms with Gasteiger partial charge in [-0.1, -0.05) is 102 Å². The molecule has 0 aliphatic carbocycles. The summed E-state index contributed by atoms with van der Waals surface area (Å²) in [6.07, 6.45) is 1.84. The number of amides is 1. The zero-order chi connectivity index (χ0) is 23.7. The van der Waals surface area contributed by atoms with E-state index < -0.39 is 0 Å². The van der Waals surface area contributed by atoms with Crippen molar-refractivity contribution in [1.29, 1.82) is 0 Å². The molecule has 34 heavy (non-hydrogen) atoms. The van der Waals surface area contributed by atoms with Gasteiger partial charge in [-0.2, -0.15) is 0 Å². The number of hydrogen-bond acceptors (Lipinski definition) is 4. The average molecular weight is 522 g/mol. The average Bonchev–Trinajstić information content (AvgIpc) is 3.11. The number of hydrogen-bond donors (Lipinski definition) is 0. The van der Waals surface area contributed by atoms with Crippen molar-refractivity contribution in [2.24, 2.45) is 0 Å². The molecule has 0 radical (unpaired) electrons. The molecule has 1 heterocycles. The molecule has 168 valence electrons. The number of nitrogens with zero attached hydrogens (tertiary/aromatic N) is 1. The Labute approximate surface area is 216 Å². The monoisotopic (exact) mass is 521 g/mol. The van der Waals surface area contributed by atoms with E-state index in [-0.39, 0.29) is 5.91 Å². The minimum Gasteiger partial charge on any atom is -0.489 e. The highest BCUT2D eigenvalue weighted by Gasteiger charge is 2.34. The SMILES string of the molecule is O=C1/C(=C/c2cccc(OCc3ccc(Cl)cc3Cl)c2)SC(=S)N1c1cccc2ccccc12. The standard InChI is InChI=1S/C27H17Cl2NO2S2/c28-20-12-11-19(23(29)15-20)16-32-21-8-3-5-17(13-21)14-25-26(31)30(27(33)34-25)24-10-4-7-18-6-1-2-9-22(18)24/h1-15H,16H2/b25-14-. The van der Waals surface area contributed by atoms with Crippen molar-refractivity contribution in [1.82, 2.24) is 0 Å². The number of thioether (sulfide) groups is 1. The fraction of sp³-hybridized carbons (Fsp3) is 0.0370. The minimum absolute atomic E-state index is 0.134. The topological polar surface area (TPSA) is 29.5 Å². The number of thiocarbonyl (C=S) groups is 1. The molecule has 1 aliphatic heterocycles. The van der Waals surface area contributed by atoms with Crippen molar-refractivity contribution in [3.05, 3.63) is 111 Å². The molecule has 0 spiro atoms. The summed E-state index contributed by atoms with van der Waals surface area (Å²) < 4.78 is 6.43. The molecule has 0 N–H and O–H groups in total. The van der Waals surface area contributed by atoms with E-state index in [9.17, 15) is 4.79 Å². The zero-order valence-corrected chi connectivity index (χ0v) is 20.8. The van der Waals surface area contributed by atoms with Crippen molar-refractivity contribution in [2.45, 2.75) is 6.61 Å². The van der Waals surface area contributed by atoms with Crippen LogP contribution in [0.15, 0.2) is 89.8 Å². The van der Waals surface area contributed by atoms with Crippen LogP contribution in [0.2, 0.25) is 10.0 Å². The number of ether oxygens (including phenoxy) is 1. The van der Waals surface area contributed by atoms with Gasteiger partial charge in [0.15, 0.2) is 4.32 Å². The van der Waals surface area contributed by atoms with E-state index in [0.717, 1.165) is 27.6 Å². The molecule has 1 fully saturated rings. The lowest BCUT2D eigenvalue weighted by Crippen LogP contribution is -2.27. The molecule has 0 atom stereocenters. The molecule has 0 unspecified atom stereocenters. The Morgan fingerprint density at radius 2 is 1.74 bits per heavy atom. The van der Waals surface area contributed by atoms with Crippen LogP contribution in [0.3, 0.4) is 0 Å². The molecule has 1 aliphatic rings. The molecule has 4 aromatic rings. The predicted molar refractivity (Wildman–Crippen MR) is 147 cm³/mol. The van der Waals surface area contributed by atoms with Gasteiger partial charge in [-0.25, -0.2) is 0 Å². The third-order valence-electron chi connectivity index (χ3n) is 5.37. The summed E-state index contributed by atoms with van der Waals surface area (Å²) in [6.45, 7) is 0.308. The van der Waals surface area contributed by atoms with Crippen LogP contribution in [0.1, 0.15) is 11.1 Å². The Hall–Kier alpha value is -2.83. The molecule has 4 aromatic carbocycles. The Bertz CT molecular complexity index is 1460. The van der Waals surface area contributed by atoms with E-state index in [4.69, 9.17) is 40.2 Å². The number of halogens is 2. The molecule has 5 rings (SSSR count). The van der Waals surface area contributed by atoms with E-state index in [2.05, 4.69) is 0 Å². The van der Waals surface area contributed by atoms with Crippen LogP contribution in [0.25, 0.3) is 16.8 Å². The van der Waals surface area contributed by atoms with Gasteiger partial charge in [0, 0.05) is 21.0 Å². The third-order valence-corrected chi connectivity index (χ3v) is 7.26. The molecule has 0 aromatic heterocycles. The smallest absolute Gasteiger partial charge is 0.270 e. The number of fused-ring (bicyclic) bond motifs is 1. The molecule has 0 bridgehead atoms. The summed E-state index contributed by atoms with van der Waals surface area (Å²) in [5.74, 6) is 0.537. The maximum atomic E-state index is 13.3. The molecule has 0 saturated carbocycles. The van der Waals surface area contributed by atoms with Gasteiger partial charge in [-0.05, 0) is 47.4 Å². The van der Waals surface area contributed by atoms with Crippen molar-refractivity contribution >= 4 is 79.9 Å². The Balaban J connectivity index is 1.38. The first kappa shape index (κ1) is 22.9. The van der Waals surface area contributed by atoms with Gasteiger partial charge in [-0.3, -0.25) is 9.69 Å². The highest BCUT2D eigenvalue weighted by molar-refractivity contribution is 8.27. The fourth-order valence-electron chi connectivity index (χ4n) is 3.72. The van der Waals surface area contributed by atoms with Gasteiger partial charge in [0.2, 0.25) is 0 Å². The fourth-order valence-corrected chi connectivity index (χ4v) is 5.47. The van der Waals surface area contributed by atoms with Crippen LogP contribution >= 0.6 is 47.2 Å². The zero-order valence-electron chi connectivity index (χ0n) is 17.7. The minimum atomic E-state index is -0.134. The van der Waals surface area contributed by atoms with Crippen LogP contribution in [0.5, 0.6) is 5.75 Å². The second-order valence-electron chi connectivity index (χ2n) is 7.61. The van der Waals surface area contributed by atoms with Crippen LogP contribution in [-0.4, -0.2) is 10.2 Å². The summed E-state index contributed by atoms with van der Waals surface area (Å²) in [5.41, 5.74) is 2.48. The number of carbonyl (C=O) groups excluding carboxylic acids is 1. The summed E-state index contributed by atoms with van der Waals surface area (Å²) >= 11 is 19.1. The van der Waals surface area contributed by atoms with Gasteiger partial charge >= 0.3 is 0 Å². The normalized spacial score (nSPS) is 14.9. The molecular weight excluding hydrogens is 505 g/mol. The number of carbonyl (C=O) groups is 1. The Morgan fingerprint density at radius 3 is 2.59 bits per heavy atom. The van der Waals surface area contributed by atoms with Crippen molar-refractivity contribution in [3.63, 3.8) is 0 Å². The summed E-state index contributed by atoms with van der Waals surface area (Å²) in [5, 5.41) is 3.18. The maximum absolute atomic E-state index is 13.3. The third kappa shape index (κ3) is 4.70. The second-order valence-corrected chi connectivity index (χ2v) is 10.1. The van der Waals surface area contributed by atoms with E-state index in [1.165, 1.54) is 11.8 Å². The lowest BCUT2D eigenvalue weighted by atomic mass is 10.1. The van der Waals surface area contributed by atoms with Crippen LogP contribution < -0.4 is 9.64 Å². The highest BCUT2D eigenvalue weighted by Crippen LogP contribution is 2.39. The number of benzene rings is 4. The van der Waals surface area contributed by atoms with Crippen LogP contribution in [0.4, 0.5) is 5.69 Å². The largest absolute Gasteiger partial charge is 0.489 e. The summed E-state index contributed by atoms with van der Waals surface area (Å²) in [6, 6.07) is 26.7. The first-order valence-electron chi connectivity index (χ1n) is 10.4. The number of rotatable bonds is 5. The van der Waals surface area contributed by atoms with E-state index in [1.54, 1.807) is 17.0 Å². The van der Waals surface area contributed by atoms with E-state index in [1.807, 2.05) is 78.9 Å². The highest BCUT2D eigenvalue weighted by atomic mass is 35.5. The van der Waals surface area contributed by atoms with Crippen molar-refractivity contribution in [2.75, 3.05) is 4.90 Å². The first-order chi connectivity index (χ1) is 16.5. The van der Waals surface area contributed by atoms with Gasteiger partial charge in [-0.15, -0.1) is 0 Å². The quantitative estimate of drug-likeness (QED) is 0.196. The van der Waals surface area contributed by atoms with E-state index in [0.29, 0.717) is 31.6 Å². The van der Waals surface area contributed by atoms with Crippen LogP contribution in [-0.2, 0) is 11.4 Å². The Morgan fingerprint density at radius 1 is 0.941 bits per heavy atom. The predicted octanol–water partition coefficient (Wildman–Crippen LogP) is 8.13. The molecule has 1 amide bonds. The Kier molecular flexibility index (Phi) is 6.61. The molecular formula is C27H17Cl2NO2S2. The number of anilines is 1. The van der Waals surface area contributed by atoms with Crippen molar-refractivity contribution < 1.29 is 9.53 Å². The summed E-state index contributed by atoms with van der Waals surface area (Å²) in [7, 11) is 0. The lowest BCUT2D eigenvalue weighted by molar-refractivity contribution is -0.113. The van der Waals surface area contributed by atoms with Gasteiger partial charge < -0.3 is 4.74 Å². The van der Waals surface area contributed by atoms with E-state index >= 15 is 0 Å².